The number of nitrogens with two attached hydrogens (primary N) is 1. The van der Waals surface area contributed by atoms with Gasteiger partial charge in [0.25, 0.3) is 0 Å². The van der Waals surface area contributed by atoms with Gasteiger partial charge in [-0.15, -0.1) is 0 Å². The molecule has 2 rings (SSSR count). The van der Waals surface area contributed by atoms with E-state index in [2.05, 4.69) is 15.9 Å². The van der Waals surface area contributed by atoms with Gasteiger partial charge in [0.05, 0.1) is 4.47 Å². The van der Waals surface area contributed by atoms with Gasteiger partial charge >= 0.3 is 0 Å². The minimum absolute atomic E-state index is 0.100. The molecule has 1 nitrogen and oxygen atoms in total. The molecule has 0 heterocycles. The van der Waals surface area contributed by atoms with Gasteiger partial charge in [-0.25, -0.2) is 4.39 Å². The van der Waals surface area contributed by atoms with Gasteiger partial charge in [-0.05, 0) is 45.6 Å². The maximum Gasteiger partial charge on any atom is 0.137 e. The van der Waals surface area contributed by atoms with Crippen LogP contribution in [-0.4, -0.2) is 0 Å². The molecule has 0 aromatic heterocycles. The van der Waals surface area contributed by atoms with Crippen LogP contribution in [0.15, 0.2) is 53.0 Å². The predicted molar refractivity (Wildman–Crippen MR) is 71.2 cm³/mol. The molecular formula is C14H13BrFN. The van der Waals surface area contributed by atoms with Crippen LogP contribution in [0.1, 0.15) is 17.2 Å². The monoisotopic (exact) mass is 293 g/mol. The van der Waals surface area contributed by atoms with E-state index in [0.717, 1.165) is 11.1 Å². The van der Waals surface area contributed by atoms with Gasteiger partial charge in [0.15, 0.2) is 0 Å². The van der Waals surface area contributed by atoms with E-state index in [9.17, 15) is 4.39 Å². The Morgan fingerprint density at radius 2 is 1.82 bits per heavy atom. The third kappa shape index (κ3) is 3.14. The highest BCUT2D eigenvalue weighted by molar-refractivity contribution is 9.10. The SMILES string of the molecule is NC(Cc1ccc(Br)c(F)c1)c1ccccc1. The lowest BCUT2D eigenvalue weighted by atomic mass is 10.00. The average molecular weight is 294 g/mol. The highest BCUT2D eigenvalue weighted by Crippen LogP contribution is 2.20. The van der Waals surface area contributed by atoms with Crippen molar-refractivity contribution in [3.8, 4) is 0 Å². The van der Waals surface area contributed by atoms with E-state index in [4.69, 9.17) is 5.73 Å². The number of benzene rings is 2. The Labute approximate surface area is 109 Å². The standard InChI is InChI=1S/C14H13BrFN/c15-12-7-6-10(8-13(12)16)9-14(17)11-4-2-1-3-5-11/h1-8,14H,9,17H2. The fraction of sp³-hybridized carbons (Fsp3) is 0.143. The fourth-order valence-electron chi connectivity index (χ4n) is 1.74. The molecule has 0 aliphatic rings. The Hall–Kier alpha value is -1.19. The summed E-state index contributed by atoms with van der Waals surface area (Å²) in [5.74, 6) is -0.247. The largest absolute Gasteiger partial charge is 0.324 e. The van der Waals surface area contributed by atoms with Gasteiger partial charge in [0.1, 0.15) is 5.82 Å². The van der Waals surface area contributed by atoms with Crippen molar-refractivity contribution in [2.75, 3.05) is 0 Å². The molecule has 0 aliphatic heterocycles. The van der Waals surface area contributed by atoms with E-state index in [0.29, 0.717) is 10.9 Å². The highest BCUT2D eigenvalue weighted by Gasteiger charge is 2.08. The number of halogens is 2. The number of rotatable bonds is 3. The summed E-state index contributed by atoms with van der Waals surface area (Å²) >= 11 is 3.13. The Morgan fingerprint density at radius 1 is 1.12 bits per heavy atom. The summed E-state index contributed by atoms with van der Waals surface area (Å²) in [7, 11) is 0. The van der Waals surface area contributed by atoms with Gasteiger partial charge in [-0.1, -0.05) is 36.4 Å². The van der Waals surface area contributed by atoms with E-state index < -0.39 is 0 Å². The molecule has 2 aromatic rings. The van der Waals surface area contributed by atoms with E-state index in [1.54, 1.807) is 6.07 Å². The van der Waals surface area contributed by atoms with Crippen LogP contribution in [-0.2, 0) is 6.42 Å². The molecule has 0 spiro atoms. The maximum absolute atomic E-state index is 13.3. The molecule has 0 saturated carbocycles. The van der Waals surface area contributed by atoms with Crippen LogP contribution in [0, 0.1) is 5.82 Å². The third-order valence-electron chi connectivity index (χ3n) is 2.67. The average Bonchev–Trinajstić information content (AvgIpc) is 2.35. The zero-order valence-electron chi connectivity index (χ0n) is 9.24. The van der Waals surface area contributed by atoms with E-state index in [1.807, 2.05) is 36.4 Å². The van der Waals surface area contributed by atoms with E-state index in [1.165, 1.54) is 6.07 Å². The van der Waals surface area contributed by atoms with Crippen LogP contribution in [0.4, 0.5) is 4.39 Å². The maximum atomic E-state index is 13.3. The van der Waals surface area contributed by atoms with Crippen LogP contribution in [0.2, 0.25) is 0 Å². The van der Waals surface area contributed by atoms with Crippen molar-refractivity contribution in [1.82, 2.24) is 0 Å². The zero-order valence-corrected chi connectivity index (χ0v) is 10.8. The van der Waals surface area contributed by atoms with Crippen molar-refractivity contribution in [3.63, 3.8) is 0 Å². The fourth-order valence-corrected chi connectivity index (χ4v) is 1.99. The molecule has 17 heavy (non-hydrogen) atoms. The Balaban J connectivity index is 2.13. The third-order valence-corrected chi connectivity index (χ3v) is 3.31. The Kier molecular flexibility index (Phi) is 3.92. The summed E-state index contributed by atoms with van der Waals surface area (Å²) in [6.07, 6.45) is 0.633. The normalized spacial score (nSPS) is 12.4. The zero-order chi connectivity index (χ0) is 12.3. The molecule has 0 bridgehead atoms. The first-order valence-corrected chi connectivity index (χ1v) is 6.20. The van der Waals surface area contributed by atoms with Crippen molar-refractivity contribution >= 4 is 15.9 Å². The van der Waals surface area contributed by atoms with Crippen LogP contribution in [0.3, 0.4) is 0 Å². The predicted octanol–water partition coefficient (Wildman–Crippen LogP) is 3.83. The summed E-state index contributed by atoms with van der Waals surface area (Å²) in [6.45, 7) is 0. The van der Waals surface area contributed by atoms with Crippen LogP contribution in [0.25, 0.3) is 0 Å². The molecule has 88 valence electrons. The molecule has 0 aliphatic carbocycles. The van der Waals surface area contributed by atoms with Crippen molar-refractivity contribution in [1.29, 1.82) is 0 Å². The van der Waals surface area contributed by atoms with E-state index >= 15 is 0 Å². The topological polar surface area (TPSA) is 26.0 Å². The van der Waals surface area contributed by atoms with Crippen molar-refractivity contribution in [3.05, 3.63) is 69.9 Å². The molecule has 1 unspecified atom stereocenters. The van der Waals surface area contributed by atoms with Crippen LogP contribution < -0.4 is 5.73 Å². The number of hydrogen-bond acceptors (Lipinski definition) is 1. The van der Waals surface area contributed by atoms with Gasteiger partial charge in [0.2, 0.25) is 0 Å². The molecule has 0 fully saturated rings. The molecule has 0 saturated heterocycles. The lowest BCUT2D eigenvalue weighted by Gasteiger charge is -2.12. The summed E-state index contributed by atoms with van der Waals surface area (Å²) in [5, 5.41) is 0. The van der Waals surface area contributed by atoms with Crippen molar-refractivity contribution < 1.29 is 4.39 Å². The second-order valence-corrected chi connectivity index (χ2v) is 4.82. The smallest absolute Gasteiger partial charge is 0.137 e. The summed E-state index contributed by atoms with van der Waals surface area (Å²) < 4.78 is 13.8. The van der Waals surface area contributed by atoms with Crippen LogP contribution in [0.5, 0.6) is 0 Å². The van der Waals surface area contributed by atoms with Crippen molar-refractivity contribution in [2.24, 2.45) is 5.73 Å². The van der Waals surface area contributed by atoms with Gasteiger partial charge < -0.3 is 5.73 Å². The van der Waals surface area contributed by atoms with Gasteiger partial charge in [-0.2, -0.15) is 0 Å². The minimum Gasteiger partial charge on any atom is -0.324 e. The highest BCUT2D eigenvalue weighted by atomic mass is 79.9. The first-order valence-electron chi connectivity index (χ1n) is 5.41. The van der Waals surface area contributed by atoms with E-state index in [-0.39, 0.29) is 11.9 Å². The summed E-state index contributed by atoms with van der Waals surface area (Å²) in [6, 6.07) is 14.9. The summed E-state index contributed by atoms with van der Waals surface area (Å²) in [4.78, 5) is 0. The second-order valence-electron chi connectivity index (χ2n) is 3.97. The molecule has 1 atom stereocenters. The van der Waals surface area contributed by atoms with Gasteiger partial charge in [0, 0.05) is 6.04 Å². The molecule has 0 amide bonds. The quantitative estimate of drug-likeness (QED) is 0.914. The lowest BCUT2D eigenvalue weighted by Crippen LogP contribution is -2.13. The molecule has 2 aromatic carbocycles. The molecular weight excluding hydrogens is 281 g/mol. The molecule has 0 radical (unpaired) electrons. The van der Waals surface area contributed by atoms with Gasteiger partial charge in [-0.3, -0.25) is 0 Å². The Bertz CT molecular complexity index is 499. The minimum atomic E-state index is -0.247. The first-order chi connectivity index (χ1) is 8.16. The summed E-state index contributed by atoms with van der Waals surface area (Å²) in [5.41, 5.74) is 8.05. The van der Waals surface area contributed by atoms with Crippen molar-refractivity contribution in [2.45, 2.75) is 12.5 Å². The molecule has 2 N–H and O–H groups in total. The number of hydrogen-bond donors (Lipinski definition) is 1. The first kappa shape index (κ1) is 12.3. The lowest BCUT2D eigenvalue weighted by molar-refractivity contribution is 0.615. The second kappa shape index (κ2) is 5.43. The van der Waals surface area contributed by atoms with Crippen LogP contribution >= 0.6 is 15.9 Å². The molecule has 3 heteroatoms. The Morgan fingerprint density at radius 3 is 2.47 bits per heavy atom.